The van der Waals surface area contributed by atoms with Crippen LogP contribution in [0.4, 0.5) is 0 Å². The van der Waals surface area contributed by atoms with Crippen LogP contribution in [-0.2, 0) is 4.74 Å². The first kappa shape index (κ1) is 24.6. The van der Waals surface area contributed by atoms with Crippen molar-refractivity contribution in [1.82, 2.24) is 9.78 Å². The van der Waals surface area contributed by atoms with Crippen molar-refractivity contribution in [2.45, 2.75) is 25.3 Å². The van der Waals surface area contributed by atoms with Crippen molar-refractivity contribution in [3.63, 3.8) is 0 Å². The minimum absolute atomic E-state index is 0.0270. The Morgan fingerprint density at radius 1 is 1.08 bits per heavy atom. The molecule has 2 atom stereocenters. The summed E-state index contributed by atoms with van der Waals surface area (Å²) in [6, 6.07) is 18.1. The number of esters is 1. The maximum absolute atomic E-state index is 12.0. The highest BCUT2D eigenvalue weighted by molar-refractivity contribution is 7.14. The van der Waals surface area contributed by atoms with E-state index in [1.165, 1.54) is 18.4 Å². The van der Waals surface area contributed by atoms with E-state index < -0.39 is 0 Å². The highest BCUT2D eigenvalue weighted by Gasteiger charge is 2.24. The molecule has 4 aromatic rings. The minimum atomic E-state index is -0.340. The molecular weight excluding hydrogens is 515 g/mol. The molecule has 5 nitrogen and oxygen atoms in total. The maximum atomic E-state index is 12.0. The van der Waals surface area contributed by atoms with Gasteiger partial charge in [0.15, 0.2) is 0 Å². The van der Waals surface area contributed by atoms with Gasteiger partial charge in [-0.05, 0) is 66.6 Å². The smallest absolute Gasteiger partial charge is 0.348 e. The molecule has 0 amide bonds. The zero-order valence-electron chi connectivity index (χ0n) is 20.0. The lowest BCUT2D eigenvalue weighted by Crippen LogP contribution is -2.10. The molecule has 1 aliphatic rings. The molecular formula is C28H24Cl2N2O3S. The van der Waals surface area contributed by atoms with Crippen LogP contribution in [0.5, 0.6) is 5.75 Å². The second kappa shape index (κ2) is 10.1. The Kier molecular flexibility index (Phi) is 6.93. The minimum Gasteiger partial charge on any atom is -0.497 e. The van der Waals surface area contributed by atoms with Gasteiger partial charge in [-0.15, -0.1) is 11.3 Å². The predicted molar refractivity (Wildman–Crippen MR) is 146 cm³/mol. The third-order valence-electron chi connectivity index (χ3n) is 6.34. The first-order chi connectivity index (χ1) is 17.4. The molecule has 0 saturated carbocycles. The van der Waals surface area contributed by atoms with Crippen LogP contribution in [0.2, 0.25) is 0 Å². The molecule has 0 N–H and O–H groups in total. The number of carbonyl (C=O) groups excluding carboxylic acids is 1. The van der Waals surface area contributed by atoms with E-state index in [9.17, 15) is 4.79 Å². The Bertz CT molecular complexity index is 1520. The van der Waals surface area contributed by atoms with E-state index in [2.05, 4.69) is 37.3 Å². The van der Waals surface area contributed by atoms with Crippen LogP contribution in [0.1, 0.15) is 45.5 Å². The third kappa shape index (κ3) is 4.81. The summed E-state index contributed by atoms with van der Waals surface area (Å²) in [6.45, 7) is 2.08. The molecule has 0 aliphatic heterocycles. The second-order valence-corrected chi connectivity index (χ2v) is 10.7. The zero-order valence-corrected chi connectivity index (χ0v) is 22.3. The first-order valence-corrected chi connectivity index (χ1v) is 13.0. The van der Waals surface area contributed by atoms with Crippen molar-refractivity contribution in [2.75, 3.05) is 14.2 Å². The molecule has 5 rings (SSSR count). The average molecular weight is 539 g/mol. The molecule has 0 saturated heterocycles. The Balaban J connectivity index is 1.60. The number of thiophene rings is 1. The molecule has 184 valence electrons. The summed E-state index contributed by atoms with van der Waals surface area (Å²) in [5, 5.41) is 8.55. The molecule has 2 aromatic heterocycles. The quantitative estimate of drug-likeness (QED) is 0.234. The Morgan fingerprint density at radius 3 is 2.61 bits per heavy atom. The molecule has 0 spiro atoms. The lowest BCUT2D eigenvalue weighted by molar-refractivity contribution is 0.0606. The fraction of sp³-hybridized carbons (Fsp3) is 0.214. The summed E-state index contributed by atoms with van der Waals surface area (Å²) in [5.74, 6) is 0.454. The van der Waals surface area contributed by atoms with E-state index in [0.717, 1.165) is 38.4 Å². The Hall–Kier alpha value is -3.06. The van der Waals surface area contributed by atoms with E-state index >= 15 is 0 Å². The van der Waals surface area contributed by atoms with Gasteiger partial charge in [0, 0.05) is 26.4 Å². The summed E-state index contributed by atoms with van der Waals surface area (Å²) in [4.78, 5) is 13.6. The molecule has 0 radical (unpaired) electrons. The number of methoxy groups -OCH3 is 2. The van der Waals surface area contributed by atoms with Crippen molar-refractivity contribution >= 4 is 51.3 Å². The lowest BCUT2D eigenvalue weighted by atomic mass is 9.96. The average Bonchev–Trinajstić information content (AvgIpc) is 3.55. The van der Waals surface area contributed by atoms with Crippen molar-refractivity contribution in [3.8, 4) is 17.0 Å². The van der Waals surface area contributed by atoms with Crippen LogP contribution < -0.4 is 4.74 Å². The summed E-state index contributed by atoms with van der Waals surface area (Å²) in [5.41, 5.74) is 2.90. The fourth-order valence-corrected chi connectivity index (χ4v) is 6.02. The maximum Gasteiger partial charge on any atom is 0.348 e. The molecule has 8 heteroatoms. The fourth-order valence-electron chi connectivity index (χ4n) is 4.43. The van der Waals surface area contributed by atoms with Gasteiger partial charge in [-0.3, -0.25) is 4.68 Å². The number of rotatable bonds is 6. The number of hydrogen-bond acceptors (Lipinski definition) is 5. The number of benzene rings is 2. The number of carbonyl (C=O) groups is 1. The molecule has 0 fully saturated rings. The van der Waals surface area contributed by atoms with Crippen LogP contribution in [0, 0.1) is 0 Å². The molecule has 36 heavy (non-hydrogen) atoms. The number of hydrogen-bond donors (Lipinski definition) is 0. The molecule has 2 heterocycles. The van der Waals surface area contributed by atoms with E-state index in [1.54, 1.807) is 19.3 Å². The Morgan fingerprint density at radius 2 is 1.86 bits per heavy atom. The van der Waals surface area contributed by atoms with Gasteiger partial charge in [0.25, 0.3) is 0 Å². The number of fused-ring (bicyclic) bond motifs is 1. The standard InChI is InChI=1S/C28H24Cl2N2O3S/c1-16(26-8-9-27(36-26)28(33)35-3)32-25(15-24(31-32)20-11-21(29)14-22(30)12-20)19-5-4-18-13-23(34-2)7-6-17(18)10-19/h4-11,13-16,20H,12H2,1-3H3. The van der Waals surface area contributed by atoms with Gasteiger partial charge in [-0.25, -0.2) is 4.79 Å². The van der Waals surface area contributed by atoms with Crippen molar-refractivity contribution in [1.29, 1.82) is 0 Å². The van der Waals surface area contributed by atoms with Gasteiger partial charge in [0.05, 0.1) is 31.6 Å². The number of halogens is 2. The van der Waals surface area contributed by atoms with Gasteiger partial charge in [-0.2, -0.15) is 5.10 Å². The van der Waals surface area contributed by atoms with Crippen LogP contribution in [0.3, 0.4) is 0 Å². The van der Waals surface area contributed by atoms with Crippen LogP contribution in [0.25, 0.3) is 22.0 Å². The van der Waals surface area contributed by atoms with E-state index in [-0.39, 0.29) is 17.9 Å². The zero-order chi connectivity index (χ0) is 25.4. The van der Waals surface area contributed by atoms with E-state index in [0.29, 0.717) is 21.4 Å². The first-order valence-electron chi connectivity index (χ1n) is 11.5. The summed E-state index contributed by atoms with van der Waals surface area (Å²) < 4.78 is 12.3. The molecule has 2 unspecified atom stereocenters. The van der Waals surface area contributed by atoms with Gasteiger partial charge in [-0.1, -0.05) is 47.5 Å². The van der Waals surface area contributed by atoms with Gasteiger partial charge in [0.1, 0.15) is 10.6 Å². The SMILES string of the molecule is COC(=O)c1ccc(C(C)n2nc(C3C=C(Cl)C=C(Cl)C3)cc2-c2ccc3cc(OC)ccc3c2)s1. The molecule has 2 aromatic carbocycles. The van der Waals surface area contributed by atoms with Crippen molar-refractivity contribution < 1.29 is 14.3 Å². The molecule has 1 aliphatic carbocycles. The highest BCUT2D eigenvalue weighted by atomic mass is 35.5. The van der Waals surface area contributed by atoms with E-state index in [4.69, 9.17) is 37.8 Å². The third-order valence-corrected chi connectivity index (χ3v) is 8.07. The summed E-state index contributed by atoms with van der Waals surface area (Å²) in [6.07, 6.45) is 4.41. The number of aromatic nitrogens is 2. The lowest BCUT2D eigenvalue weighted by Gasteiger charge is -2.16. The topological polar surface area (TPSA) is 53.4 Å². The number of nitrogens with zero attached hydrogens (tertiary/aromatic N) is 2. The van der Waals surface area contributed by atoms with Gasteiger partial charge < -0.3 is 9.47 Å². The number of allylic oxidation sites excluding steroid dienone is 4. The summed E-state index contributed by atoms with van der Waals surface area (Å²) >= 11 is 14.1. The van der Waals surface area contributed by atoms with E-state index in [1.807, 2.05) is 29.0 Å². The monoisotopic (exact) mass is 538 g/mol. The van der Waals surface area contributed by atoms with Crippen molar-refractivity contribution in [3.05, 3.63) is 92.3 Å². The van der Waals surface area contributed by atoms with Gasteiger partial charge >= 0.3 is 5.97 Å². The van der Waals surface area contributed by atoms with Crippen LogP contribution in [0.15, 0.2) is 76.8 Å². The normalized spacial score (nSPS) is 16.4. The van der Waals surface area contributed by atoms with Crippen LogP contribution in [-0.4, -0.2) is 30.0 Å². The predicted octanol–water partition coefficient (Wildman–Crippen LogP) is 7.90. The molecule has 0 bridgehead atoms. The summed E-state index contributed by atoms with van der Waals surface area (Å²) in [7, 11) is 3.06. The number of ether oxygens (including phenoxy) is 2. The van der Waals surface area contributed by atoms with Crippen LogP contribution >= 0.6 is 34.5 Å². The largest absolute Gasteiger partial charge is 0.497 e. The Labute approximate surface area is 223 Å². The highest BCUT2D eigenvalue weighted by Crippen LogP contribution is 2.38. The van der Waals surface area contributed by atoms with Crippen molar-refractivity contribution in [2.24, 2.45) is 0 Å². The second-order valence-electron chi connectivity index (χ2n) is 8.65. The van der Waals surface area contributed by atoms with Gasteiger partial charge in [0.2, 0.25) is 0 Å².